The zero-order chi connectivity index (χ0) is 17.9. The Kier molecular flexibility index (Phi) is 4.74. The highest BCUT2D eigenvalue weighted by Gasteiger charge is 2.33. The lowest BCUT2D eigenvalue weighted by Gasteiger charge is -2.31. The van der Waals surface area contributed by atoms with E-state index < -0.39 is 12.1 Å². The van der Waals surface area contributed by atoms with E-state index in [1.165, 1.54) is 5.56 Å². The monoisotopic (exact) mass is 349 g/mol. The summed E-state index contributed by atoms with van der Waals surface area (Å²) in [6.07, 6.45) is 3.80. The van der Waals surface area contributed by atoms with Crippen molar-refractivity contribution < 1.29 is 14.3 Å². The molecule has 1 heterocycles. The number of carbonyl (C=O) groups is 2. The Hall–Kier alpha value is -2.62. The van der Waals surface area contributed by atoms with Crippen molar-refractivity contribution in [2.45, 2.75) is 50.2 Å². The molecule has 1 fully saturated rings. The molecule has 26 heavy (non-hydrogen) atoms. The molecule has 2 aromatic carbocycles. The fourth-order valence-electron chi connectivity index (χ4n) is 4.07. The van der Waals surface area contributed by atoms with E-state index in [1.54, 1.807) is 6.07 Å². The average Bonchev–Trinajstić information content (AvgIpc) is 2.69. The number of hydrogen-bond acceptors (Lipinski definition) is 3. The van der Waals surface area contributed by atoms with Crippen molar-refractivity contribution in [2.24, 2.45) is 0 Å². The predicted molar refractivity (Wildman–Crippen MR) is 98.9 cm³/mol. The average molecular weight is 349 g/mol. The van der Waals surface area contributed by atoms with Gasteiger partial charge in [-0.2, -0.15) is 0 Å². The summed E-state index contributed by atoms with van der Waals surface area (Å²) in [6.45, 7) is 0. The van der Waals surface area contributed by atoms with Gasteiger partial charge in [0.25, 0.3) is 5.91 Å². The van der Waals surface area contributed by atoms with Crippen molar-refractivity contribution in [2.75, 3.05) is 0 Å². The smallest absolute Gasteiger partial charge is 0.339 e. The minimum atomic E-state index is -0.718. The Bertz CT molecular complexity index is 794. The molecule has 1 unspecified atom stereocenters. The summed E-state index contributed by atoms with van der Waals surface area (Å²) in [7, 11) is 0. The molecule has 0 spiro atoms. The summed E-state index contributed by atoms with van der Waals surface area (Å²) in [5.41, 5.74) is 2.84. The molecule has 1 aliphatic carbocycles. The maximum absolute atomic E-state index is 12.6. The molecule has 2 aliphatic rings. The predicted octanol–water partition coefficient (Wildman–Crippen LogP) is 3.61. The highest BCUT2D eigenvalue weighted by Crippen LogP contribution is 2.32. The number of fused-ring (bicyclic) bond motifs is 1. The lowest BCUT2D eigenvalue weighted by Crippen LogP contribution is -2.46. The maximum Gasteiger partial charge on any atom is 0.339 e. The van der Waals surface area contributed by atoms with Crippen LogP contribution in [-0.4, -0.2) is 24.0 Å². The summed E-state index contributed by atoms with van der Waals surface area (Å²) in [4.78, 5) is 24.7. The highest BCUT2D eigenvalue weighted by molar-refractivity contribution is 5.95. The van der Waals surface area contributed by atoms with Crippen molar-refractivity contribution >= 4 is 11.9 Å². The van der Waals surface area contributed by atoms with Crippen LogP contribution in [0.25, 0.3) is 0 Å². The minimum absolute atomic E-state index is 0.165. The molecule has 0 radical (unpaired) electrons. The van der Waals surface area contributed by atoms with E-state index in [2.05, 4.69) is 29.6 Å². The number of carbonyl (C=O) groups excluding carboxylic acids is 2. The van der Waals surface area contributed by atoms with E-state index in [4.69, 9.17) is 4.74 Å². The zero-order valence-corrected chi connectivity index (χ0v) is 14.7. The Morgan fingerprint density at radius 3 is 2.38 bits per heavy atom. The summed E-state index contributed by atoms with van der Waals surface area (Å²) < 4.78 is 5.36. The standard InChI is InChI=1S/C22H23NO3/c24-21(20-14-17-8-4-5-9-19(17)22(25)26-20)23-18-12-10-16(11-13-18)15-6-2-1-3-7-15/h1-9,16,18,20H,10-14H2,(H,23,24). The van der Waals surface area contributed by atoms with Gasteiger partial charge in [-0.3, -0.25) is 4.79 Å². The van der Waals surface area contributed by atoms with Gasteiger partial charge in [-0.05, 0) is 48.8 Å². The molecule has 1 N–H and O–H groups in total. The first kappa shape index (κ1) is 16.8. The van der Waals surface area contributed by atoms with Gasteiger partial charge < -0.3 is 10.1 Å². The summed E-state index contributed by atoms with van der Waals surface area (Å²) in [5, 5.41) is 3.10. The Labute approximate surface area is 153 Å². The van der Waals surface area contributed by atoms with Crippen LogP contribution in [0.15, 0.2) is 54.6 Å². The number of cyclic esters (lactones) is 1. The molecule has 1 saturated carbocycles. The molecule has 0 aromatic heterocycles. The van der Waals surface area contributed by atoms with Crippen LogP contribution in [-0.2, 0) is 16.0 Å². The van der Waals surface area contributed by atoms with Crippen molar-refractivity contribution in [3.05, 3.63) is 71.3 Å². The second-order valence-corrected chi connectivity index (χ2v) is 7.22. The third-order valence-corrected chi connectivity index (χ3v) is 5.53. The SMILES string of the molecule is O=C1OC(C(=O)NC2CCC(c3ccccc3)CC2)Cc2ccccc21. The number of nitrogens with one attached hydrogen (secondary N) is 1. The van der Waals surface area contributed by atoms with E-state index in [0.717, 1.165) is 31.2 Å². The van der Waals surface area contributed by atoms with E-state index >= 15 is 0 Å². The van der Waals surface area contributed by atoms with E-state index in [0.29, 0.717) is 17.9 Å². The first-order valence-corrected chi connectivity index (χ1v) is 9.35. The van der Waals surface area contributed by atoms with Gasteiger partial charge in [-0.1, -0.05) is 48.5 Å². The topological polar surface area (TPSA) is 55.4 Å². The van der Waals surface area contributed by atoms with Gasteiger partial charge in [0.15, 0.2) is 6.10 Å². The molecule has 4 nitrogen and oxygen atoms in total. The molecule has 0 bridgehead atoms. The van der Waals surface area contributed by atoms with Crippen LogP contribution < -0.4 is 5.32 Å². The van der Waals surface area contributed by atoms with E-state index in [1.807, 2.05) is 24.3 Å². The molecule has 4 rings (SSSR count). The molecule has 0 saturated heterocycles. The zero-order valence-electron chi connectivity index (χ0n) is 14.7. The van der Waals surface area contributed by atoms with Crippen LogP contribution in [0.3, 0.4) is 0 Å². The summed E-state index contributed by atoms with van der Waals surface area (Å²) in [6, 6.07) is 18.1. The van der Waals surface area contributed by atoms with Crippen LogP contribution in [0.1, 0.15) is 53.1 Å². The Morgan fingerprint density at radius 2 is 1.62 bits per heavy atom. The van der Waals surface area contributed by atoms with Crippen LogP contribution >= 0.6 is 0 Å². The van der Waals surface area contributed by atoms with E-state index in [9.17, 15) is 9.59 Å². The Morgan fingerprint density at radius 1 is 0.923 bits per heavy atom. The first-order valence-electron chi connectivity index (χ1n) is 9.35. The third-order valence-electron chi connectivity index (χ3n) is 5.53. The lowest BCUT2D eigenvalue weighted by molar-refractivity contribution is -0.131. The Balaban J connectivity index is 1.33. The molecule has 1 atom stereocenters. The molecule has 1 amide bonds. The van der Waals surface area contributed by atoms with Crippen LogP contribution in [0.4, 0.5) is 0 Å². The van der Waals surface area contributed by atoms with Gasteiger partial charge in [0, 0.05) is 12.5 Å². The van der Waals surface area contributed by atoms with Gasteiger partial charge in [0.2, 0.25) is 0 Å². The van der Waals surface area contributed by atoms with Gasteiger partial charge in [0.05, 0.1) is 5.56 Å². The number of esters is 1. The number of ether oxygens (including phenoxy) is 1. The van der Waals surface area contributed by atoms with Crippen LogP contribution in [0, 0.1) is 0 Å². The first-order chi connectivity index (χ1) is 12.7. The molecule has 2 aromatic rings. The highest BCUT2D eigenvalue weighted by atomic mass is 16.5. The fraction of sp³-hybridized carbons (Fsp3) is 0.364. The van der Waals surface area contributed by atoms with Crippen molar-refractivity contribution in [1.29, 1.82) is 0 Å². The largest absolute Gasteiger partial charge is 0.448 e. The quantitative estimate of drug-likeness (QED) is 0.861. The molecule has 134 valence electrons. The van der Waals surface area contributed by atoms with Gasteiger partial charge in [-0.25, -0.2) is 4.79 Å². The van der Waals surface area contributed by atoms with Gasteiger partial charge >= 0.3 is 5.97 Å². The molecular weight excluding hydrogens is 326 g/mol. The second kappa shape index (κ2) is 7.32. The summed E-state index contributed by atoms with van der Waals surface area (Å²) >= 11 is 0. The normalized spacial score (nSPS) is 25.1. The fourth-order valence-corrected chi connectivity index (χ4v) is 4.07. The van der Waals surface area contributed by atoms with Crippen molar-refractivity contribution in [3.63, 3.8) is 0 Å². The van der Waals surface area contributed by atoms with Crippen LogP contribution in [0.5, 0.6) is 0 Å². The second-order valence-electron chi connectivity index (χ2n) is 7.22. The molecular formula is C22H23NO3. The summed E-state index contributed by atoms with van der Waals surface area (Å²) in [5.74, 6) is -0.000428. The van der Waals surface area contributed by atoms with E-state index in [-0.39, 0.29) is 11.9 Å². The lowest BCUT2D eigenvalue weighted by atomic mass is 9.81. The number of amides is 1. The molecule has 4 heteroatoms. The molecule has 1 aliphatic heterocycles. The maximum atomic E-state index is 12.6. The van der Waals surface area contributed by atoms with Crippen LogP contribution in [0.2, 0.25) is 0 Å². The number of rotatable bonds is 3. The van der Waals surface area contributed by atoms with Gasteiger partial charge in [-0.15, -0.1) is 0 Å². The van der Waals surface area contributed by atoms with Crippen molar-refractivity contribution in [1.82, 2.24) is 5.32 Å². The van der Waals surface area contributed by atoms with Crippen molar-refractivity contribution in [3.8, 4) is 0 Å². The number of benzene rings is 2. The third kappa shape index (κ3) is 3.50. The van der Waals surface area contributed by atoms with Gasteiger partial charge in [0.1, 0.15) is 0 Å². The number of hydrogen-bond donors (Lipinski definition) is 1. The minimum Gasteiger partial charge on any atom is -0.448 e.